The number of hydrogen-bond donors (Lipinski definition) is 1. The van der Waals surface area contributed by atoms with E-state index in [4.69, 9.17) is 0 Å². The van der Waals surface area contributed by atoms with E-state index >= 15 is 0 Å². The number of carbonyl (C=O) groups is 1. The van der Waals surface area contributed by atoms with Crippen molar-refractivity contribution in [2.45, 2.75) is 52.5 Å². The topological polar surface area (TPSA) is 32.3 Å². The van der Waals surface area contributed by atoms with Crippen LogP contribution in [0.2, 0.25) is 0 Å². The predicted molar refractivity (Wildman–Crippen MR) is 64.9 cm³/mol. The van der Waals surface area contributed by atoms with Crippen LogP contribution < -0.4 is 5.32 Å². The van der Waals surface area contributed by atoms with E-state index in [1.54, 1.807) is 0 Å². The lowest BCUT2D eigenvalue weighted by atomic mass is 10.2. The largest absolute Gasteiger partial charge is 0.346 e. The summed E-state index contributed by atoms with van der Waals surface area (Å²) in [7, 11) is 1.90. The molecule has 0 bridgehead atoms. The predicted octanol–water partition coefficient (Wildman–Crippen LogP) is 2.02. The third kappa shape index (κ3) is 8.43. The van der Waals surface area contributed by atoms with Gasteiger partial charge >= 0.3 is 0 Å². The maximum Gasteiger partial charge on any atom is 0.223 e. The summed E-state index contributed by atoms with van der Waals surface area (Å²) in [5.74, 6) is 0.249. The molecule has 0 heterocycles. The zero-order valence-electron chi connectivity index (χ0n) is 10.7. The van der Waals surface area contributed by atoms with Gasteiger partial charge in [-0.3, -0.25) is 4.79 Å². The molecular weight excluding hydrogens is 188 g/mol. The molecule has 1 amide bonds. The van der Waals surface area contributed by atoms with Gasteiger partial charge in [0.05, 0.1) is 0 Å². The zero-order chi connectivity index (χ0) is 11.7. The SMILES string of the molecule is CCCCCN(C)C(=O)CCNC(C)C. The molecule has 0 aliphatic carbocycles. The molecule has 3 heteroatoms. The van der Waals surface area contributed by atoms with Gasteiger partial charge in [0.2, 0.25) is 5.91 Å². The molecule has 0 saturated carbocycles. The van der Waals surface area contributed by atoms with Crippen LogP contribution in [0.5, 0.6) is 0 Å². The molecule has 15 heavy (non-hydrogen) atoms. The van der Waals surface area contributed by atoms with Gasteiger partial charge in [0, 0.05) is 32.6 Å². The van der Waals surface area contributed by atoms with Crippen LogP contribution in [0.1, 0.15) is 46.5 Å². The van der Waals surface area contributed by atoms with E-state index in [0.717, 1.165) is 19.5 Å². The highest BCUT2D eigenvalue weighted by molar-refractivity contribution is 5.76. The van der Waals surface area contributed by atoms with Gasteiger partial charge in [-0.15, -0.1) is 0 Å². The van der Waals surface area contributed by atoms with Crippen molar-refractivity contribution in [1.29, 1.82) is 0 Å². The number of hydrogen-bond acceptors (Lipinski definition) is 2. The summed E-state index contributed by atoms with van der Waals surface area (Å²) >= 11 is 0. The summed E-state index contributed by atoms with van der Waals surface area (Å²) in [6.45, 7) is 8.04. The minimum Gasteiger partial charge on any atom is -0.346 e. The van der Waals surface area contributed by atoms with Crippen LogP contribution in [0.3, 0.4) is 0 Å². The van der Waals surface area contributed by atoms with Crippen LogP contribution in [0.4, 0.5) is 0 Å². The molecule has 0 aliphatic rings. The number of rotatable bonds is 8. The smallest absolute Gasteiger partial charge is 0.223 e. The van der Waals surface area contributed by atoms with Gasteiger partial charge in [-0.05, 0) is 6.42 Å². The quantitative estimate of drug-likeness (QED) is 0.627. The van der Waals surface area contributed by atoms with E-state index in [1.807, 2.05) is 11.9 Å². The number of amides is 1. The number of nitrogens with zero attached hydrogens (tertiary/aromatic N) is 1. The van der Waals surface area contributed by atoms with Crippen molar-refractivity contribution in [2.75, 3.05) is 20.1 Å². The fourth-order valence-corrected chi connectivity index (χ4v) is 1.38. The Balaban J connectivity index is 3.51. The van der Waals surface area contributed by atoms with Crippen LogP contribution in [0.25, 0.3) is 0 Å². The lowest BCUT2D eigenvalue weighted by Crippen LogP contribution is -2.32. The molecule has 90 valence electrons. The van der Waals surface area contributed by atoms with Crippen LogP contribution in [-0.4, -0.2) is 37.0 Å². The van der Waals surface area contributed by atoms with E-state index in [0.29, 0.717) is 12.5 Å². The summed E-state index contributed by atoms with van der Waals surface area (Å²) in [5, 5.41) is 3.25. The molecule has 0 saturated heterocycles. The second-order valence-electron chi connectivity index (χ2n) is 4.38. The molecule has 1 N–H and O–H groups in total. The molecule has 0 rings (SSSR count). The lowest BCUT2D eigenvalue weighted by molar-refractivity contribution is -0.129. The molecule has 0 unspecified atom stereocenters. The minimum atomic E-state index is 0.249. The Hall–Kier alpha value is -0.570. The fraction of sp³-hybridized carbons (Fsp3) is 0.917. The van der Waals surface area contributed by atoms with Crippen molar-refractivity contribution in [1.82, 2.24) is 10.2 Å². The summed E-state index contributed by atoms with van der Waals surface area (Å²) in [6.07, 6.45) is 4.15. The van der Waals surface area contributed by atoms with Crippen molar-refractivity contribution in [3.05, 3.63) is 0 Å². The van der Waals surface area contributed by atoms with Crippen LogP contribution in [-0.2, 0) is 4.79 Å². The molecule has 0 aromatic heterocycles. The van der Waals surface area contributed by atoms with Gasteiger partial charge < -0.3 is 10.2 Å². The summed E-state index contributed by atoms with van der Waals surface area (Å²) in [4.78, 5) is 13.4. The average Bonchev–Trinajstić information content (AvgIpc) is 2.17. The average molecular weight is 214 g/mol. The van der Waals surface area contributed by atoms with Crippen molar-refractivity contribution in [2.24, 2.45) is 0 Å². The molecular formula is C12H26N2O. The first kappa shape index (κ1) is 14.4. The second-order valence-corrected chi connectivity index (χ2v) is 4.38. The van der Waals surface area contributed by atoms with Crippen molar-refractivity contribution in [3.8, 4) is 0 Å². The molecule has 0 aliphatic heterocycles. The van der Waals surface area contributed by atoms with Gasteiger partial charge in [0.25, 0.3) is 0 Å². The van der Waals surface area contributed by atoms with Gasteiger partial charge in [-0.25, -0.2) is 0 Å². The standard InChI is InChI=1S/C12H26N2O/c1-5-6-7-10-14(4)12(15)8-9-13-11(2)3/h11,13H,5-10H2,1-4H3. The van der Waals surface area contributed by atoms with Gasteiger partial charge in [0.1, 0.15) is 0 Å². The number of unbranched alkanes of at least 4 members (excludes halogenated alkanes) is 2. The van der Waals surface area contributed by atoms with E-state index in [1.165, 1.54) is 12.8 Å². The zero-order valence-corrected chi connectivity index (χ0v) is 10.7. The lowest BCUT2D eigenvalue weighted by Gasteiger charge is -2.17. The van der Waals surface area contributed by atoms with E-state index < -0.39 is 0 Å². The van der Waals surface area contributed by atoms with E-state index in [2.05, 4.69) is 26.1 Å². The molecule has 0 fully saturated rings. The Morgan fingerprint density at radius 3 is 2.53 bits per heavy atom. The Labute approximate surface area is 94.2 Å². The van der Waals surface area contributed by atoms with Crippen LogP contribution >= 0.6 is 0 Å². The highest BCUT2D eigenvalue weighted by atomic mass is 16.2. The van der Waals surface area contributed by atoms with E-state index in [-0.39, 0.29) is 5.91 Å². The molecule has 0 spiro atoms. The molecule has 0 aromatic rings. The van der Waals surface area contributed by atoms with Crippen molar-refractivity contribution in [3.63, 3.8) is 0 Å². The highest BCUT2D eigenvalue weighted by Crippen LogP contribution is 1.98. The fourth-order valence-electron chi connectivity index (χ4n) is 1.38. The Kier molecular flexibility index (Phi) is 8.38. The maximum absolute atomic E-state index is 11.6. The summed E-state index contributed by atoms with van der Waals surface area (Å²) in [5.41, 5.74) is 0. The number of carbonyl (C=O) groups excluding carboxylic acids is 1. The maximum atomic E-state index is 11.6. The molecule has 0 atom stereocenters. The first-order valence-electron chi connectivity index (χ1n) is 6.05. The first-order valence-corrected chi connectivity index (χ1v) is 6.05. The monoisotopic (exact) mass is 214 g/mol. The van der Waals surface area contributed by atoms with E-state index in [9.17, 15) is 4.79 Å². The van der Waals surface area contributed by atoms with Crippen LogP contribution in [0, 0.1) is 0 Å². The van der Waals surface area contributed by atoms with Gasteiger partial charge in [0.15, 0.2) is 0 Å². The molecule has 0 radical (unpaired) electrons. The van der Waals surface area contributed by atoms with Gasteiger partial charge in [-0.2, -0.15) is 0 Å². The molecule has 0 aromatic carbocycles. The highest BCUT2D eigenvalue weighted by Gasteiger charge is 2.07. The van der Waals surface area contributed by atoms with Crippen molar-refractivity contribution >= 4 is 5.91 Å². The first-order chi connectivity index (χ1) is 7.07. The Morgan fingerprint density at radius 1 is 1.33 bits per heavy atom. The Bertz CT molecular complexity index is 169. The van der Waals surface area contributed by atoms with Crippen molar-refractivity contribution < 1.29 is 4.79 Å². The second kappa shape index (κ2) is 8.72. The van der Waals surface area contributed by atoms with Gasteiger partial charge in [-0.1, -0.05) is 33.6 Å². The summed E-state index contributed by atoms with van der Waals surface area (Å²) < 4.78 is 0. The van der Waals surface area contributed by atoms with Crippen LogP contribution in [0.15, 0.2) is 0 Å². The third-order valence-corrected chi connectivity index (χ3v) is 2.41. The summed E-state index contributed by atoms with van der Waals surface area (Å²) in [6, 6.07) is 0.461. The minimum absolute atomic E-state index is 0.249. The third-order valence-electron chi connectivity index (χ3n) is 2.41. The Morgan fingerprint density at radius 2 is 2.00 bits per heavy atom. The molecule has 3 nitrogen and oxygen atoms in total. The number of nitrogens with one attached hydrogen (secondary N) is 1. The normalized spacial score (nSPS) is 10.7.